The van der Waals surface area contributed by atoms with Gasteiger partial charge in [-0.15, -0.1) is 47.0 Å². The number of rotatable bonds is 8. The van der Waals surface area contributed by atoms with Gasteiger partial charge in [0.1, 0.15) is 0 Å². The highest BCUT2D eigenvalue weighted by Gasteiger charge is 2.26. The Morgan fingerprint density at radius 2 is 0.762 bits per heavy atom. The highest BCUT2D eigenvalue weighted by atomic mass is 32.2. The minimum atomic E-state index is 0.131. The summed E-state index contributed by atoms with van der Waals surface area (Å²) < 4.78 is 0.526. The number of hydrogen-bond acceptors (Lipinski definition) is 6. The van der Waals surface area contributed by atoms with Gasteiger partial charge < -0.3 is 0 Å². The second-order valence-electron chi connectivity index (χ2n) is 15.2. The lowest BCUT2D eigenvalue weighted by Crippen LogP contribution is -2.27. The number of benzene rings is 2. The van der Waals surface area contributed by atoms with Crippen LogP contribution in [-0.4, -0.2) is 43.5 Å². The van der Waals surface area contributed by atoms with E-state index in [2.05, 4.69) is 132 Å². The molecular formula is C36H54N2S4. The molecule has 0 saturated heterocycles. The first-order valence-electron chi connectivity index (χ1n) is 15.4. The Bertz CT molecular complexity index is 1070. The summed E-state index contributed by atoms with van der Waals surface area (Å²) in [6.07, 6.45) is 9.00. The molecule has 0 N–H and O–H groups in total. The summed E-state index contributed by atoms with van der Waals surface area (Å²) in [7, 11) is 0. The first-order valence-corrected chi connectivity index (χ1v) is 18.6. The molecule has 2 nitrogen and oxygen atoms in total. The maximum atomic E-state index is 5.32. The zero-order chi connectivity index (χ0) is 31.3. The summed E-state index contributed by atoms with van der Waals surface area (Å²) in [6.45, 7) is 27.5. The first kappa shape index (κ1) is 35.7. The molecule has 42 heavy (non-hydrogen) atoms. The average molecular weight is 643 g/mol. The third-order valence-electron chi connectivity index (χ3n) is 6.20. The van der Waals surface area contributed by atoms with E-state index in [0.717, 1.165) is 12.8 Å². The zero-order valence-corrected chi connectivity index (χ0v) is 31.4. The second-order valence-corrected chi connectivity index (χ2v) is 22.6. The smallest absolute Gasteiger partial charge is 0.0723 e. The number of aliphatic imine (C=N–C) groups is 2. The van der Waals surface area contributed by atoms with Crippen LogP contribution < -0.4 is 0 Å². The van der Waals surface area contributed by atoms with Crippen molar-refractivity contribution in [1.29, 1.82) is 0 Å². The molecule has 0 heterocycles. The molecule has 0 bridgehead atoms. The lowest BCUT2D eigenvalue weighted by Gasteiger charge is -2.27. The van der Waals surface area contributed by atoms with E-state index in [1.54, 1.807) is 0 Å². The fourth-order valence-corrected chi connectivity index (χ4v) is 9.20. The molecule has 1 fully saturated rings. The van der Waals surface area contributed by atoms with Gasteiger partial charge in [-0.1, -0.05) is 108 Å². The van der Waals surface area contributed by atoms with Crippen LogP contribution in [0.15, 0.2) is 66.0 Å². The van der Waals surface area contributed by atoms with E-state index >= 15 is 0 Å². The van der Waals surface area contributed by atoms with Crippen molar-refractivity contribution in [3.8, 4) is 0 Å². The minimum Gasteiger partial charge on any atom is -0.287 e. The van der Waals surface area contributed by atoms with Gasteiger partial charge in [-0.2, -0.15) is 0 Å². The van der Waals surface area contributed by atoms with E-state index in [-0.39, 0.29) is 31.1 Å². The van der Waals surface area contributed by atoms with Gasteiger partial charge in [0, 0.05) is 62.1 Å². The van der Waals surface area contributed by atoms with Gasteiger partial charge >= 0.3 is 0 Å². The van der Waals surface area contributed by atoms with Gasteiger partial charge in [-0.05, 0) is 37.1 Å². The molecule has 2 unspecified atom stereocenters. The summed E-state index contributed by atoms with van der Waals surface area (Å²) in [4.78, 5) is 15.9. The van der Waals surface area contributed by atoms with Gasteiger partial charge in [0.25, 0.3) is 0 Å². The highest BCUT2D eigenvalue weighted by molar-refractivity contribution is 8.02. The van der Waals surface area contributed by atoms with Crippen LogP contribution in [0.2, 0.25) is 0 Å². The Hall–Kier alpha value is -0.820. The molecule has 2 atom stereocenters. The largest absolute Gasteiger partial charge is 0.287 e. The lowest BCUT2D eigenvalue weighted by molar-refractivity contribution is 0.390. The Balaban J connectivity index is 1.98. The topological polar surface area (TPSA) is 24.7 Å². The third-order valence-corrected chi connectivity index (χ3v) is 11.0. The maximum Gasteiger partial charge on any atom is 0.0723 e. The molecule has 0 amide bonds. The Labute approximate surface area is 275 Å². The molecule has 232 valence electrons. The first-order chi connectivity index (χ1) is 19.3. The fraction of sp³-hybridized carbons (Fsp3) is 0.611. The Kier molecular flexibility index (Phi) is 12.3. The summed E-state index contributed by atoms with van der Waals surface area (Å²) in [5.74, 6) is 0. The third kappa shape index (κ3) is 12.3. The highest BCUT2D eigenvalue weighted by Crippen LogP contribution is 2.42. The SMILES string of the molecule is CC(C)(C)Sc1cccc(SC(C)(C)C)c1/C=N/C1CCCCC1/N=C/c1c(SC(C)(C)C)cccc1SC(C)(C)C. The molecule has 1 aliphatic carbocycles. The van der Waals surface area contributed by atoms with E-state index in [1.807, 2.05) is 47.0 Å². The normalized spacial score (nSPS) is 19.2. The van der Waals surface area contributed by atoms with E-state index in [0.29, 0.717) is 0 Å². The van der Waals surface area contributed by atoms with Crippen molar-refractivity contribution in [2.24, 2.45) is 9.98 Å². The Morgan fingerprint density at radius 1 is 0.500 bits per heavy atom. The lowest BCUT2D eigenvalue weighted by atomic mass is 9.91. The van der Waals surface area contributed by atoms with E-state index in [4.69, 9.17) is 9.98 Å². The minimum absolute atomic E-state index is 0.131. The Morgan fingerprint density at radius 3 is 1.00 bits per heavy atom. The quantitative estimate of drug-likeness (QED) is 0.211. The average Bonchev–Trinajstić information content (AvgIpc) is 2.80. The summed E-state index contributed by atoms with van der Waals surface area (Å²) in [5.41, 5.74) is 2.53. The summed E-state index contributed by atoms with van der Waals surface area (Å²) in [5, 5.41) is 0. The van der Waals surface area contributed by atoms with Crippen LogP contribution in [-0.2, 0) is 0 Å². The van der Waals surface area contributed by atoms with Crippen LogP contribution in [0.5, 0.6) is 0 Å². The van der Waals surface area contributed by atoms with Gasteiger partial charge in [-0.25, -0.2) is 0 Å². The molecule has 0 aromatic heterocycles. The fourth-order valence-electron chi connectivity index (χ4n) is 4.76. The van der Waals surface area contributed by atoms with Gasteiger partial charge in [0.2, 0.25) is 0 Å². The van der Waals surface area contributed by atoms with Crippen molar-refractivity contribution in [3.05, 3.63) is 47.5 Å². The van der Waals surface area contributed by atoms with Crippen LogP contribution in [0, 0.1) is 0 Å². The van der Waals surface area contributed by atoms with Crippen molar-refractivity contribution < 1.29 is 0 Å². The molecule has 2 aromatic carbocycles. The van der Waals surface area contributed by atoms with Crippen molar-refractivity contribution in [2.45, 2.75) is 159 Å². The van der Waals surface area contributed by atoms with Crippen LogP contribution >= 0.6 is 47.0 Å². The van der Waals surface area contributed by atoms with Crippen LogP contribution in [0.3, 0.4) is 0 Å². The van der Waals surface area contributed by atoms with E-state index in [9.17, 15) is 0 Å². The van der Waals surface area contributed by atoms with Crippen LogP contribution in [0.1, 0.15) is 120 Å². The molecule has 1 aliphatic rings. The molecular weight excluding hydrogens is 589 g/mol. The van der Waals surface area contributed by atoms with E-state index < -0.39 is 0 Å². The van der Waals surface area contributed by atoms with Crippen molar-refractivity contribution in [1.82, 2.24) is 0 Å². The van der Waals surface area contributed by atoms with Gasteiger partial charge in [0.05, 0.1) is 12.1 Å². The predicted molar refractivity (Wildman–Crippen MR) is 197 cm³/mol. The molecule has 0 aliphatic heterocycles. The standard InChI is InChI=1S/C36H54N2S4/c1-33(2,3)39-29-19-15-20-30(40-34(4,5)6)25(29)23-37-27-17-13-14-18-28(27)38-24-26-31(41-35(7,8)9)21-16-22-32(26)42-36(10,11)12/h15-16,19-24,27-28H,13-14,17-18H2,1-12H3/b37-23+,38-24+. The van der Waals surface area contributed by atoms with Crippen molar-refractivity contribution in [2.75, 3.05) is 0 Å². The van der Waals surface area contributed by atoms with Crippen molar-refractivity contribution in [3.63, 3.8) is 0 Å². The molecule has 3 rings (SSSR count). The molecule has 0 spiro atoms. The van der Waals surface area contributed by atoms with Crippen LogP contribution in [0.25, 0.3) is 0 Å². The molecule has 6 heteroatoms. The van der Waals surface area contributed by atoms with Gasteiger partial charge in [0.15, 0.2) is 0 Å². The predicted octanol–water partition coefficient (Wildman–Crippen LogP) is 12.1. The van der Waals surface area contributed by atoms with Crippen molar-refractivity contribution >= 4 is 59.5 Å². The molecule has 1 saturated carbocycles. The number of hydrogen-bond donors (Lipinski definition) is 0. The zero-order valence-electron chi connectivity index (χ0n) is 28.1. The maximum absolute atomic E-state index is 5.32. The second kappa shape index (κ2) is 14.5. The molecule has 0 radical (unpaired) electrons. The summed E-state index contributed by atoms with van der Waals surface area (Å²) in [6, 6.07) is 13.9. The van der Waals surface area contributed by atoms with Crippen LogP contribution in [0.4, 0.5) is 0 Å². The van der Waals surface area contributed by atoms with Gasteiger partial charge in [-0.3, -0.25) is 9.98 Å². The number of thioether (sulfide) groups is 4. The summed E-state index contributed by atoms with van der Waals surface area (Å²) >= 11 is 7.74. The van der Waals surface area contributed by atoms with E-state index in [1.165, 1.54) is 43.6 Å². The monoisotopic (exact) mass is 642 g/mol. The molecule has 2 aromatic rings. The number of nitrogens with zero attached hydrogens (tertiary/aromatic N) is 2.